The number of carbonyl (C=O) groups is 2. The van der Waals surface area contributed by atoms with Crippen LogP contribution in [-0.4, -0.2) is 37.8 Å². The van der Waals surface area contributed by atoms with Gasteiger partial charge in [0.1, 0.15) is 5.75 Å². The van der Waals surface area contributed by atoms with E-state index in [2.05, 4.69) is 16.2 Å². The van der Waals surface area contributed by atoms with E-state index in [1.807, 2.05) is 0 Å². The lowest BCUT2D eigenvalue weighted by Crippen LogP contribution is -2.48. The van der Waals surface area contributed by atoms with Crippen LogP contribution in [0.2, 0.25) is 10.0 Å². The summed E-state index contributed by atoms with van der Waals surface area (Å²) in [6, 6.07) is 10.1. The minimum absolute atomic E-state index is 0.0468. The van der Waals surface area contributed by atoms with Crippen LogP contribution in [0.4, 0.5) is 0 Å². The van der Waals surface area contributed by atoms with Crippen LogP contribution in [0.5, 0.6) is 17.2 Å². The maximum atomic E-state index is 12.0. The predicted molar refractivity (Wildman–Crippen MR) is 132 cm³/mol. The van der Waals surface area contributed by atoms with Gasteiger partial charge in [-0.15, -0.1) is 0 Å². The molecule has 3 N–H and O–H groups in total. The number of methoxy groups -OCH3 is 2. The van der Waals surface area contributed by atoms with E-state index < -0.39 is 5.91 Å². The molecule has 0 aliphatic rings. The van der Waals surface area contributed by atoms with Gasteiger partial charge >= 0.3 is 0 Å². The molecule has 2 amide bonds. The molecule has 0 bridgehead atoms. The van der Waals surface area contributed by atoms with Crippen LogP contribution in [0.3, 0.4) is 0 Å². The van der Waals surface area contributed by atoms with Crippen molar-refractivity contribution in [3.05, 3.63) is 58.1 Å². The van der Waals surface area contributed by atoms with Gasteiger partial charge in [-0.1, -0.05) is 29.3 Å². The molecule has 0 aromatic heterocycles. The quantitative estimate of drug-likeness (QED) is 0.203. The molecule has 0 atom stereocenters. The predicted octanol–water partition coefficient (Wildman–Crippen LogP) is 3.90. The Kier molecular flexibility index (Phi) is 10.8. The van der Waals surface area contributed by atoms with Crippen molar-refractivity contribution < 1.29 is 23.8 Å². The van der Waals surface area contributed by atoms with E-state index in [0.717, 1.165) is 5.56 Å². The van der Waals surface area contributed by atoms with Crippen LogP contribution in [-0.2, 0) is 9.59 Å². The first-order valence-electron chi connectivity index (χ1n) is 9.70. The second kappa shape index (κ2) is 13.5. The van der Waals surface area contributed by atoms with Crippen molar-refractivity contribution >= 4 is 58.4 Å². The van der Waals surface area contributed by atoms with E-state index in [-0.39, 0.29) is 24.0 Å². The second-order valence-corrected chi connectivity index (χ2v) is 7.72. The molecule has 0 heterocycles. The fraction of sp³-hybridized carbons (Fsp3) is 0.227. The van der Waals surface area contributed by atoms with Gasteiger partial charge in [-0.3, -0.25) is 25.8 Å². The van der Waals surface area contributed by atoms with Crippen molar-refractivity contribution in [1.82, 2.24) is 16.2 Å². The van der Waals surface area contributed by atoms with E-state index in [0.29, 0.717) is 33.7 Å². The average Bonchev–Trinajstić information content (AvgIpc) is 2.80. The van der Waals surface area contributed by atoms with Crippen molar-refractivity contribution in [3.63, 3.8) is 0 Å². The third-order valence-corrected chi connectivity index (χ3v) is 4.82. The largest absolute Gasteiger partial charge is 0.493 e. The minimum atomic E-state index is -0.468. The fourth-order valence-electron chi connectivity index (χ4n) is 2.51. The number of amides is 2. The highest BCUT2D eigenvalue weighted by atomic mass is 35.5. The Morgan fingerprint density at radius 3 is 2.42 bits per heavy atom. The molecule has 0 unspecified atom stereocenters. The van der Waals surface area contributed by atoms with Gasteiger partial charge < -0.3 is 14.2 Å². The first-order valence-corrected chi connectivity index (χ1v) is 10.9. The van der Waals surface area contributed by atoms with E-state index >= 15 is 0 Å². The van der Waals surface area contributed by atoms with Gasteiger partial charge in [0.15, 0.2) is 16.6 Å². The summed E-state index contributed by atoms with van der Waals surface area (Å²) in [5.74, 6) is 0.829. The Labute approximate surface area is 207 Å². The van der Waals surface area contributed by atoms with Crippen molar-refractivity contribution in [2.24, 2.45) is 0 Å². The Balaban J connectivity index is 1.67. The van der Waals surface area contributed by atoms with Crippen molar-refractivity contribution in [3.8, 4) is 17.2 Å². The van der Waals surface area contributed by atoms with Gasteiger partial charge in [0, 0.05) is 17.5 Å². The van der Waals surface area contributed by atoms with Crippen LogP contribution >= 0.6 is 35.4 Å². The van der Waals surface area contributed by atoms with Gasteiger partial charge in [0.05, 0.1) is 25.8 Å². The van der Waals surface area contributed by atoms with Gasteiger partial charge in [0.2, 0.25) is 11.8 Å². The van der Waals surface area contributed by atoms with Crippen molar-refractivity contribution in [2.75, 3.05) is 20.8 Å². The van der Waals surface area contributed by atoms with E-state index in [4.69, 9.17) is 49.6 Å². The highest BCUT2D eigenvalue weighted by Gasteiger charge is 2.07. The number of nitrogens with one attached hydrogen (secondary N) is 3. The smallest absolute Gasteiger partial charge is 0.250 e. The Morgan fingerprint density at radius 2 is 1.73 bits per heavy atom. The number of thiocarbonyl (C=S) groups is 1. The highest BCUT2D eigenvalue weighted by molar-refractivity contribution is 7.80. The van der Waals surface area contributed by atoms with Gasteiger partial charge in [-0.2, -0.15) is 0 Å². The molecule has 0 aliphatic heterocycles. The zero-order valence-corrected chi connectivity index (χ0v) is 20.3. The highest BCUT2D eigenvalue weighted by Crippen LogP contribution is 2.28. The molecule has 0 radical (unpaired) electrons. The van der Waals surface area contributed by atoms with E-state index in [1.165, 1.54) is 13.2 Å². The van der Waals surface area contributed by atoms with Crippen molar-refractivity contribution in [1.29, 1.82) is 0 Å². The molecule has 11 heteroatoms. The first-order chi connectivity index (χ1) is 15.8. The lowest BCUT2D eigenvalue weighted by molar-refractivity contribution is -0.122. The number of halogens is 2. The van der Waals surface area contributed by atoms with Crippen molar-refractivity contribution in [2.45, 2.75) is 12.8 Å². The van der Waals surface area contributed by atoms with Crippen LogP contribution < -0.4 is 30.4 Å². The minimum Gasteiger partial charge on any atom is -0.493 e. The molecule has 8 nitrogen and oxygen atoms in total. The Bertz CT molecular complexity index is 1030. The summed E-state index contributed by atoms with van der Waals surface area (Å²) in [7, 11) is 3.07. The molecule has 2 rings (SSSR count). The summed E-state index contributed by atoms with van der Waals surface area (Å²) in [5.41, 5.74) is 5.61. The topological polar surface area (TPSA) is 97.9 Å². The Morgan fingerprint density at radius 1 is 1.00 bits per heavy atom. The SMILES string of the molecule is COc1ccc(C=CC(=O)NC(=S)NNC(=O)CCCOc2ccc(Cl)cc2Cl)cc1OC. The van der Waals surface area contributed by atoms with Gasteiger partial charge in [0.25, 0.3) is 0 Å². The lowest BCUT2D eigenvalue weighted by atomic mass is 10.2. The van der Waals surface area contributed by atoms with Crippen LogP contribution in [0, 0.1) is 0 Å². The normalized spacial score (nSPS) is 10.4. The van der Waals surface area contributed by atoms with E-state index in [1.54, 1.807) is 49.6 Å². The maximum Gasteiger partial charge on any atom is 0.250 e. The number of rotatable bonds is 9. The monoisotopic (exact) mass is 511 g/mol. The molecule has 2 aromatic carbocycles. The number of carbonyl (C=O) groups excluding carboxylic acids is 2. The summed E-state index contributed by atoms with van der Waals surface area (Å²) >= 11 is 16.8. The average molecular weight is 512 g/mol. The number of benzene rings is 2. The maximum absolute atomic E-state index is 12.0. The lowest BCUT2D eigenvalue weighted by Gasteiger charge is -2.10. The molecule has 2 aromatic rings. The summed E-state index contributed by atoms with van der Waals surface area (Å²) in [4.78, 5) is 23.9. The molecule has 33 heavy (non-hydrogen) atoms. The molecular weight excluding hydrogens is 489 g/mol. The standard InChI is InChI=1S/C22H23Cl2N3O5S/c1-30-18-8-5-14(12-19(18)31-2)6-10-20(28)25-22(33)27-26-21(29)4-3-11-32-17-9-7-15(23)13-16(17)24/h5-10,12-13H,3-4,11H2,1-2H3,(H,26,29)(H2,25,27,28,33). The van der Waals surface area contributed by atoms with Crippen LogP contribution in [0.15, 0.2) is 42.5 Å². The molecule has 176 valence electrons. The van der Waals surface area contributed by atoms with Crippen LogP contribution in [0.25, 0.3) is 6.08 Å². The van der Waals surface area contributed by atoms with Gasteiger partial charge in [-0.25, -0.2) is 0 Å². The van der Waals surface area contributed by atoms with Crippen LogP contribution in [0.1, 0.15) is 18.4 Å². The summed E-state index contributed by atoms with van der Waals surface area (Å²) in [6.45, 7) is 0.289. The molecular formula is C22H23Cl2N3O5S. The number of hydrazine groups is 1. The summed E-state index contributed by atoms with van der Waals surface area (Å²) in [6.07, 6.45) is 3.51. The summed E-state index contributed by atoms with van der Waals surface area (Å²) < 4.78 is 15.9. The van der Waals surface area contributed by atoms with E-state index in [9.17, 15) is 9.59 Å². The molecule has 0 saturated carbocycles. The number of ether oxygens (including phenoxy) is 3. The second-order valence-electron chi connectivity index (χ2n) is 6.47. The third kappa shape index (κ3) is 9.17. The molecule has 0 saturated heterocycles. The number of hydrogen-bond acceptors (Lipinski definition) is 6. The molecule has 0 fully saturated rings. The fourth-order valence-corrected chi connectivity index (χ4v) is 3.12. The van der Waals surface area contributed by atoms with Gasteiger partial charge in [-0.05, 0) is 60.6 Å². The third-order valence-electron chi connectivity index (χ3n) is 4.09. The molecule has 0 aliphatic carbocycles. The Hall–Kier alpha value is -3.01. The zero-order valence-electron chi connectivity index (χ0n) is 17.9. The summed E-state index contributed by atoms with van der Waals surface area (Å²) in [5, 5.41) is 3.29. The zero-order chi connectivity index (χ0) is 24.2. The first kappa shape index (κ1) is 26.2. The molecule has 0 spiro atoms. The number of hydrogen-bond donors (Lipinski definition) is 3.